The zero-order valence-electron chi connectivity index (χ0n) is 14.3. The Labute approximate surface area is 141 Å². The molecular formula is C17H23N3O4. The molecule has 0 saturated carbocycles. The SMILES string of the molecule is CC(=O)N/N=C/c1ccc(CC(C=O)NC(=O)OC(C)(C)C)cc1. The monoisotopic (exact) mass is 333 g/mol. The van der Waals surface area contributed by atoms with Gasteiger partial charge in [0.15, 0.2) is 0 Å². The molecular weight excluding hydrogens is 310 g/mol. The Balaban J connectivity index is 2.60. The van der Waals surface area contributed by atoms with Gasteiger partial charge in [-0.15, -0.1) is 0 Å². The molecule has 2 N–H and O–H groups in total. The minimum atomic E-state index is -0.668. The van der Waals surface area contributed by atoms with Crippen molar-refractivity contribution in [2.75, 3.05) is 0 Å². The quantitative estimate of drug-likeness (QED) is 0.471. The second kappa shape index (κ2) is 8.81. The molecule has 1 aromatic rings. The molecule has 2 amide bonds. The summed E-state index contributed by atoms with van der Waals surface area (Å²) in [6, 6.07) is 6.58. The van der Waals surface area contributed by atoms with E-state index >= 15 is 0 Å². The second-order valence-corrected chi connectivity index (χ2v) is 6.26. The third-order valence-electron chi connectivity index (χ3n) is 2.74. The highest BCUT2D eigenvalue weighted by atomic mass is 16.6. The van der Waals surface area contributed by atoms with Crippen LogP contribution in [-0.2, 0) is 20.7 Å². The highest BCUT2D eigenvalue weighted by Gasteiger charge is 2.19. The Bertz CT molecular complexity index is 603. The van der Waals surface area contributed by atoms with Crippen LogP contribution >= 0.6 is 0 Å². The first kappa shape index (κ1) is 19.3. The van der Waals surface area contributed by atoms with Crippen LogP contribution in [0.15, 0.2) is 29.4 Å². The predicted octanol–water partition coefficient (Wildman–Crippen LogP) is 1.79. The molecule has 7 nitrogen and oxygen atoms in total. The van der Waals surface area contributed by atoms with Crippen LogP contribution < -0.4 is 10.7 Å². The third-order valence-corrected chi connectivity index (χ3v) is 2.74. The maximum Gasteiger partial charge on any atom is 0.408 e. The van der Waals surface area contributed by atoms with Crippen molar-refractivity contribution in [3.8, 4) is 0 Å². The Hall–Kier alpha value is -2.70. The van der Waals surface area contributed by atoms with Gasteiger partial charge < -0.3 is 14.8 Å². The fourth-order valence-corrected chi connectivity index (χ4v) is 1.78. The van der Waals surface area contributed by atoms with E-state index in [1.165, 1.54) is 13.1 Å². The van der Waals surface area contributed by atoms with Crippen LogP contribution in [0.2, 0.25) is 0 Å². The van der Waals surface area contributed by atoms with Crippen molar-refractivity contribution in [3.05, 3.63) is 35.4 Å². The van der Waals surface area contributed by atoms with Gasteiger partial charge in [-0.1, -0.05) is 24.3 Å². The molecule has 1 atom stereocenters. The number of amides is 2. The smallest absolute Gasteiger partial charge is 0.408 e. The fraction of sp³-hybridized carbons (Fsp3) is 0.412. The summed E-state index contributed by atoms with van der Waals surface area (Å²) in [6.07, 6.45) is 1.92. The average Bonchev–Trinajstić information content (AvgIpc) is 2.46. The fourth-order valence-electron chi connectivity index (χ4n) is 1.78. The summed E-state index contributed by atoms with van der Waals surface area (Å²) in [7, 11) is 0. The number of hydrazone groups is 1. The molecule has 0 radical (unpaired) electrons. The van der Waals surface area contributed by atoms with Crippen molar-refractivity contribution in [1.82, 2.24) is 10.7 Å². The summed E-state index contributed by atoms with van der Waals surface area (Å²) in [5.74, 6) is -0.245. The lowest BCUT2D eigenvalue weighted by Crippen LogP contribution is -2.41. The van der Waals surface area contributed by atoms with Gasteiger partial charge in [-0.25, -0.2) is 10.2 Å². The molecule has 7 heteroatoms. The predicted molar refractivity (Wildman–Crippen MR) is 90.8 cm³/mol. The van der Waals surface area contributed by atoms with E-state index in [1.54, 1.807) is 32.9 Å². The lowest BCUT2D eigenvalue weighted by atomic mass is 10.1. The van der Waals surface area contributed by atoms with E-state index in [1.807, 2.05) is 12.1 Å². The van der Waals surface area contributed by atoms with Crippen LogP contribution in [0.5, 0.6) is 0 Å². The summed E-state index contributed by atoms with van der Waals surface area (Å²) in [5.41, 5.74) is 3.37. The van der Waals surface area contributed by atoms with Gasteiger partial charge in [-0.05, 0) is 38.3 Å². The first-order chi connectivity index (χ1) is 11.2. The van der Waals surface area contributed by atoms with Crippen LogP contribution in [0.3, 0.4) is 0 Å². The van der Waals surface area contributed by atoms with Gasteiger partial charge in [0.25, 0.3) is 0 Å². The molecule has 0 heterocycles. The Morgan fingerprint density at radius 2 is 1.88 bits per heavy atom. The van der Waals surface area contributed by atoms with Gasteiger partial charge in [0.1, 0.15) is 11.9 Å². The second-order valence-electron chi connectivity index (χ2n) is 6.26. The van der Waals surface area contributed by atoms with Crippen molar-refractivity contribution in [3.63, 3.8) is 0 Å². The number of nitrogens with zero attached hydrogens (tertiary/aromatic N) is 1. The summed E-state index contributed by atoms with van der Waals surface area (Å²) >= 11 is 0. The molecule has 0 aliphatic carbocycles. The first-order valence-electron chi connectivity index (χ1n) is 7.53. The number of hydrogen-bond donors (Lipinski definition) is 2. The van der Waals surface area contributed by atoms with Crippen LogP contribution in [0.25, 0.3) is 0 Å². The molecule has 1 aromatic carbocycles. The zero-order chi connectivity index (χ0) is 18.2. The number of hydrogen-bond acceptors (Lipinski definition) is 5. The van der Waals surface area contributed by atoms with Crippen molar-refractivity contribution in [2.24, 2.45) is 5.10 Å². The minimum absolute atomic E-state index is 0.245. The maximum absolute atomic E-state index is 11.7. The maximum atomic E-state index is 11.7. The van der Waals surface area contributed by atoms with E-state index in [0.717, 1.165) is 11.1 Å². The molecule has 0 spiro atoms. The summed E-state index contributed by atoms with van der Waals surface area (Å²) < 4.78 is 5.13. The van der Waals surface area contributed by atoms with E-state index in [9.17, 15) is 14.4 Å². The standard InChI is InChI=1S/C17H23N3O4/c1-12(22)20-18-10-14-7-5-13(6-8-14)9-15(11-21)19-16(23)24-17(2,3)4/h5-8,10-11,15H,9H2,1-4H3,(H,19,23)(H,20,22)/b18-10+. The highest BCUT2D eigenvalue weighted by molar-refractivity contribution is 5.81. The molecule has 0 aromatic heterocycles. The number of aldehydes is 1. The van der Waals surface area contributed by atoms with Gasteiger partial charge in [-0.2, -0.15) is 5.10 Å². The number of benzene rings is 1. The Morgan fingerprint density at radius 1 is 1.25 bits per heavy atom. The molecule has 1 rings (SSSR count). The lowest BCUT2D eigenvalue weighted by Gasteiger charge is -2.21. The zero-order valence-corrected chi connectivity index (χ0v) is 14.3. The van der Waals surface area contributed by atoms with E-state index in [4.69, 9.17) is 4.74 Å². The van der Waals surface area contributed by atoms with Gasteiger partial charge in [0.2, 0.25) is 5.91 Å². The van der Waals surface area contributed by atoms with E-state index in [2.05, 4.69) is 15.8 Å². The average molecular weight is 333 g/mol. The molecule has 0 fully saturated rings. The van der Waals surface area contributed by atoms with Crippen molar-refractivity contribution < 1.29 is 19.1 Å². The van der Waals surface area contributed by atoms with E-state index in [-0.39, 0.29) is 5.91 Å². The molecule has 0 aliphatic rings. The van der Waals surface area contributed by atoms with Crippen molar-refractivity contribution in [2.45, 2.75) is 45.8 Å². The van der Waals surface area contributed by atoms with Crippen LogP contribution in [0.1, 0.15) is 38.8 Å². The van der Waals surface area contributed by atoms with E-state index in [0.29, 0.717) is 12.7 Å². The summed E-state index contributed by atoms with van der Waals surface area (Å²) in [4.78, 5) is 33.6. The molecule has 0 bridgehead atoms. The number of nitrogens with one attached hydrogen (secondary N) is 2. The summed E-state index contributed by atoms with van der Waals surface area (Å²) in [6.45, 7) is 6.63. The topological polar surface area (TPSA) is 96.9 Å². The van der Waals surface area contributed by atoms with Crippen molar-refractivity contribution >= 4 is 24.5 Å². The number of carbonyl (C=O) groups excluding carboxylic acids is 3. The molecule has 24 heavy (non-hydrogen) atoms. The minimum Gasteiger partial charge on any atom is -0.444 e. The lowest BCUT2D eigenvalue weighted by molar-refractivity contribution is -0.118. The molecule has 0 aliphatic heterocycles. The van der Waals surface area contributed by atoms with Gasteiger partial charge in [0.05, 0.1) is 12.3 Å². The van der Waals surface area contributed by atoms with Gasteiger partial charge >= 0.3 is 6.09 Å². The van der Waals surface area contributed by atoms with Crippen molar-refractivity contribution in [1.29, 1.82) is 0 Å². The molecule has 0 saturated heterocycles. The normalized spacial score (nSPS) is 12.5. The Kier molecular flexibility index (Phi) is 7.10. The largest absolute Gasteiger partial charge is 0.444 e. The van der Waals surface area contributed by atoms with Crippen LogP contribution in [0.4, 0.5) is 4.79 Å². The Morgan fingerprint density at radius 3 is 2.38 bits per heavy atom. The first-order valence-corrected chi connectivity index (χ1v) is 7.53. The van der Waals surface area contributed by atoms with Gasteiger partial charge in [0, 0.05) is 6.92 Å². The number of carbonyl (C=O) groups is 3. The summed E-state index contributed by atoms with van der Waals surface area (Å²) in [5, 5.41) is 6.30. The highest BCUT2D eigenvalue weighted by Crippen LogP contribution is 2.08. The number of ether oxygens (including phenoxy) is 1. The van der Waals surface area contributed by atoms with Crippen LogP contribution in [0, 0.1) is 0 Å². The third kappa shape index (κ3) is 8.07. The van der Waals surface area contributed by atoms with Gasteiger partial charge in [-0.3, -0.25) is 4.79 Å². The number of alkyl carbamates (subject to hydrolysis) is 1. The molecule has 130 valence electrons. The van der Waals surface area contributed by atoms with E-state index < -0.39 is 17.7 Å². The number of rotatable bonds is 6. The molecule has 1 unspecified atom stereocenters. The van der Waals surface area contributed by atoms with Crippen LogP contribution in [-0.4, -0.2) is 36.1 Å².